The van der Waals surface area contributed by atoms with Gasteiger partial charge < -0.3 is 10.6 Å². The van der Waals surface area contributed by atoms with E-state index < -0.39 is 5.97 Å². The van der Waals surface area contributed by atoms with Gasteiger partial charge in [0.15, 0.2) is 0 Å². The van der Waals surface area contributed by atoms with Gasteiger partial charge in [0.05, 0.1) is 5.56 Å². The second-order valence-corrected chi connectivity index (χ2v) is 1.55. The zero-order valence-corrected chi connectivity index (χ0v) is 9.24. The van der Waals surface area contributed by atoms with Gasteiger partial charge in [0.1, 0.15) is 0 Å². The molecule has 11 heavy (non-hydrogen) atoms. The second kappa shape index (κ2) is 6.90. The van der Waals surface area contributed by atoms with Crippen LogP contribution in [0.5, 0.6) is 0 Å². The molecule has 0 bridgehead atoms. The molecule has 0 aromatic carbocycles. The number of hydrogen-bond donors (Lipinski definition) is 1. The fourth-order valence-electron chi connectivity index (χ4n) is 0.489. The topological polar surface area (TPSA) is 81.7 Å². The van der Waals surface area contributed by atoms with Gasteiger partial charge in [-0.1, -0.05) is 0 Å². The van der Waals surface area contributed by atoms with Crippen molar-refractivity contribution >= 4 is 57.4 Å². The molecule has 0 atom stereocenters. The summed E-state index contributed by atoms with van der Waals surface area (Å²) in [6, 6.07) is 3.08. The van der Waals surface area contributed by atoms with Crippen LogP contribution in [0.25, 0.3) is 0 Å². The van der Waals surface area contributed by atoms with E-state index in [1.807, 2.05) is 0 Å². The quantitative estimate of drug-likeness (QED) is 0.595. The third kappa shape index (κ3) is 4.62. The normalized spacial score (nSPS) is 7.27. The summed E-state index contributed by atoms with van der Waals surface area (Å²) in [5, 5.41) is 8.34. The van der Waals surface area contributed by atoms with E-state index in [-0.39, 0.29) is 62.4 Å². The maximum absolute atomic E-state index is 10.2. The molecule has 0 unspecified atom stereocenters. The molecule has 0 amide bonds. The Labute approximate surface area is 106 Å². The van der Waals surface area contributed by atoms with Crippen LogP contribution in [0, 0.1) is 0 Å². The molecule has 0 aliphatic rings. The van der Waals surface area contributed by atoms with E-state index in [1.165, 1.54) is 18.5 Å². The zero-order chi connectivity index (χ0) is 6.69. The Hall–Kier alpha value is 0.216. The van der Waals surface area contributed by atoms with Crippen molar-refractivity contribution < 1.29 is 15.4 Å². The Bertz CT molecular complexity index is 214. The number of nitrogens with zero attached hydrogens (tertiary/aromatic N) is 1. The van der Waals surface area contributed by atoms with E-state index in [9.17, 15) is 4.79 Å². The average molecular weight is 180 g/mol. The van der Waals surface area contributed by atoms with Crippen molar-refractivity contribution in [1.29, 1.82) is 0 Å². The summed E-state index contributed by atoms with van der Waals surface area (Å²) < 4.78 is 0. The first-order chi connectivity index (χ1) is 4.30. The van der Waals surface area contributed by atoms with Crippen molar-refractivity contribution in [3.05, 3.63) is 30.1 Å². The number of aromatic carboxylic acids is 1. The summed E-state index contributed by atoms with van der Waals surface area (Å²) in [7, 11) is 0. The van der Waals surface area contributed by atoms with Crippen LogP contribution in [0.3, 0.4) is 0 Å². The average Bonchev–Trinajstić information content (AvgIpc) is 1.90. The number of carboxylic acid groups (broad SMARTS) is 1. The smallest absolute Gasteiger partial charge is 0.337 e. The molecule has 55 valence electrons. The Morgan fingerprint density at radius 3 is 2.45 bits per heavy atom. The largest absolute Gasteiger partial charge is 0.478 e. The van der Waals surface area contributed by atoms with Crippen molar-refractivity contribution in [1.82, 2.24) is 4.98 Å². The van der Waals surface area contributed by atoms with Gasteiger partial charge in [0, 0.05) is 63.8 Å². The first kappa shape index (κ1) is 13.8. The van der Waals surface area contributed by atoms with Crippen LogP contribution < -0.4 is 0 Å². The van der Waals surface area contributed by atoms with Crippen LogP contribution in [-0.4, -0.2) is 72.9 Å². The molecule has 1 aromatic rings. The molecule has 1 aromatic heterocycles. The predicted octanol–water partition coefficient (Wildman–Crippen LogP) is -0.426. The minimum absolute atomic E-state index is 0. The molecule has 5 heteroatoms. The third-order valence-electron chi connectivity index (χ3n) is 0.908. The summed E-state index contributed by atoms with van der Waals surface area (Å²) in [5.74, 6) is -0.942. The summed E-state index contributed by atoms with van der Waals surface area (Å²) in [4.78, 5) is 13.8. The fraction of sp³-hybridized carbons (Fsp3) is 0. The summed E-state index contributed by atoms with van der Waals surface area (Å²) in [5.41, 5.74) is 0.220. The SMILES string of the molecule is O.O=C(O)c1cccnc1.[K]. The molecule has 0 aliphatic heterocycles. The van der Waals surface area contributed by atoms with E-state index in [0.717, 1.165) is 0 Å². The maximum atomic E-state index is 10.2. The van der Waals surface area contributed by atoms with Crippen molar-refractivity contribution in [2.24, 2.45) is 0 Å². The number of hydrogen-bond acceptors (Lipinski definition) is 2. The van der Waals surface area contributed by atoms with Crippen LogP contribution in [-0.2, 0) is 0 Å². The van der Waals surface area contributed by atoms with Crippen molar-refractivity contribution in [2.75, 3.05) is 0 Å². The zero-order valence-electron chi connectivity index (χ0n) is 6.11. The van der Waals surface area contributed by atoms with E-state index in [0.29, 0.717) is 0 Å². The second-order valence-electron chi connectivity index (χ2n) is 1.55. The van der Waals surface area contributed by atoms with Gasteiger partial charge in [-0.25, -0.2) is 4.79 Å². The van der Waals surface area contributed by atoms with Crippen LogP contribution in [0.15, 0.2) is 24.5 Å². The number of carbonyl (C=O) groups is 1. The number of pyridine rings is 1. The fourth-order valence-corrected chi connectivity index (χ4v) is 0.489. The van der Waals surface area contributed by atoms with Gasteiger partial charge in [0.2, 0.25) is 0 Å². The molecule has 4 nitrogen and oxygen atoms in total. The minimum atomic E-state index is -0.942. The minimum Gasteiger partial charge on any atom is -0.478 e. The van der Waals surface area contributed by atoms with Crippen molar-refractivity contribution in [2.45, 2.75) is 0 Å². The van der Waals surface area contributed by atoms with Crippen LogP contribution in [0.1, 0.15) is 10.4 Å². The third-order valence-corrected chi connectivity index (χ3v) is 0.908. The van der Waals surface area contributed by atoms with E-state index >= 15 is 0 Å². The molecule has 0 saturated heterocycles. The molecule has 1 radical (unpaired) electrons. The number of aromatic nitrogens is 1. The molecular formula is C6H7KNO3. The van der Waals surface area contributed by atoms with Crippen LogP contribution in [0.2, 0.25) is 0 Å². The first-order valence-corrected chi connectivity index (χ1v) is 2.44. The van der Waals surface area contributed by atoms with E-state index in [4.69, 9.17) is 5.11 Å². The van der Waals surface area contributed by atoms with Gasteiger partial charge in [-0.2, -0.15) is 0 Å². The van der Waals surface area contributed by atoms with Gasteiger partial charge in [-0.05, 0) is 12.1 Å². The maximum Gasteiger partial charge on any atom is 0.337 e. The molecule has 0 spiro atoms. The Morgan fingerprint density at radius 2 is 2.18 bits per heavy atom. The van der Waals surface area contributed by atoms with Gasteiger partial charge >= 0.3 is 5.97 Å². The molecule has 0 fully saturated rings. The Balaban J connectivity index is 0. The van der Waals surface area contributed by atoms with Crippen molar-refractivity contribution in [3.8, 4) is 0 Å². The monoisotopic (exact) mass is 180 g/mol. The molecule has 0 saturated carbocycles. The summed E-state index contributed by atoms with van der Waals surface area (Å²) >= 11 is 0. The van der Waals surface area contributed by atoms with Gasteiger partial charge in [0.25, 0.3) is 0 Å². The number of rotatable bonds is 1. The molecule has 0 aliphatic carbocycles. The Morgan fingerprint density at radius 1 is 1.55 bits per heavy atom. The van der Waals surface area contributed by atoms with Gasteiger partial charge in [-0.15, -0.1) is 0 Å². The standard InChI is InChI=1S/C6H5NO2.K.H2O/c8-6(9)5-2-1-3-7-4-5;;/h1-4H,(H,8,9);;1H2. The summed E-state index contributed by atoms with van der Waals surface area (Å²) in [6.45, 7) is 0. The van der Waals surface area contributed by atoms with E-state index in [2.05, 4.69) is 4.98 Å². The Kier molecular flexibility index (Phi) is 8.64. The predicted molar refractivity (Wildman–Crippen MR) is 40.6 cm³/mol. The van der Waals surface area contributed by atoms with Crippen LogP contribution >= 0.6 is 0 Å². The molecule has 1 rings (SSSR count). The molecule has 1 heterocycles. The molecule has 3 N–H and O–H groups in total. The summed E-state index contributed by atoms with van der Waals surface area (Å²) in [6.07, 6.45) is 2.84. The van der Waals surface area contributed by atoms with Crippen LogP contribution in [0.4, 0.5) is 0 Å². The molecular weight excluding hydrogens is 173 g/mol. The first-order valence-electron chi connectivity index (χ1n) is 2.44. The van der Waals surface area contributed by atoms with Crippen molar-refractivity contribution in [3.63, 3.8) is 0 Å². The van der Waals surface area contributed by atoms with E-state index in [1.54, 1.807) is 6.07 Å². The number of carboxylic acids is 1. The van der Waals surface area contributed by atoms with Gasteiger partial charge in [-0.3, -0.25) is 4.98 Å².